The number of carbonyl (C=O) groups is 2. The molecule has 3 aromatic rings. The lowest BCUT2D eigenvalue weighted by atomic mass is 10.0. The van der Waals surface area contributed by atoms with Gasteiger partial charge < -0.3 is 10.2 Å². The molecule has 2 amide bonds. The summed E-state index contributed by atoms with van der Waals surface area (Å²) in [7, 11) is -3.89. The molecule has 0 aliphatic carbocycles. The van der Waals surface area contributed by atoms with Gasteiger partial charge >= 0.3 is 0 Å². The molecule has 0 aromatic heterocycles. The molecule has 0 heterocycles. The van der Waals surface area contributed by atoms with E-state index < -0.39 is 28.5 Å². The average Bonchev–Trinajstić information content (AvgIpc) is 2.91. The van der Waals surface area contributed by atoms with Gasteiger partial charge in [-0.3, -0.25) is 13.9 Å². The van der Waals surface area contributed by atoms with E-state index in [2.05, 4.69) is 5.32 Å². The Bertz CT molecular complexity index is 1490. The van der Waals surface area contributed by atoms with Crippen LogP contribution in [0.3, 0.4) is 0 Å². The Kier molecular flexibility index (Phi) is 11.5. The van der Waals surface area contributed by atoms with E-state index in [1.165, 1.54) is 4.90 Å². The van der Waals surface area contributed by atoms with Crippen LogP contribution in [0.15, 0.2) is 66.7 Å². The number of carbonyl (C=O) groups excluding carboxylic acids is 2. The van der Waals surface area contributed by atoms with Crippen LogP contribution in [0, 0.1) is 6.92 Å². The van der Waals surface area contributed by atoms with Gasteiger partial charge in [0.25, 0.3) is 0 Å². The predicted molar refractivity (Wildman–Crippen MR) is 167 cm³/mol. The molecule has 0 radical (unpaired) electrons. The van der Waals surface area contributed by atoms with Crippen molar-refractivity contribution in [1.29, 1.82) is 0 Å². The lowest BCUT2D eigenvalue weighted by molar-refractivity contribution is -0.140. The second-order valence-corrected chi connectivity index (χ2v) is 13.2. The van der Waals surface area contributed by atoms with Crippen molar-refractivity contribution in [2.24, 2.45) is 0 Å². The van der Waals surface area contributed by atoms with Crippen LogP contribution in [0.5, 0.6) is 0 Å². The van der Waals surface area contributed by atoms with E-state index in [9.17, 15) is 18.0 Å². The molecule has 0 spiro atoms. The highest BCUT2D eigenvalue weighted by molar-refractivity contribution is 7.92. The summed E-state index contributed by atoms with van der Waals surface area (Å²) in [6.07, 6.45) is 1.95. The normalized spacial score (nSPS) is 12.9. The monoisotopic (exact) mass is 637 g/mol. The van der Waals surface area contributed by atoms with Crippen LogP contribution >= 0.6 is 34.8 Å². The minimum absolute atomic E-state index is 0.00164. The van der Waals surface area contributed by atoms with Crippen LogP contribution in [-0.2, 0) is 32.6 Å². The minimum atomic E-state index is -3.89. The van der Waals surface area contributed by atoms with E-state index in [0.29, 0.717) is 38.3 Å². The van der Waals surface area contributed by atoms with Crippen LogP contribution in [0.4, 0.5) is 5.69 Å². The molecule has 1 N–H and O–H groups in total. The van der Waals surface area contributed by atoms with Crippen LogP contribution in [0.2, 0.25) is 15.1 Å². The van der Waals surface area contributed by atoms with Gasteiger partial charge in [0.2, 0.25) is 21.8 Å². The lowest BCUT2D eigenvalue weighted by Crippen LogP contribution is -2.54. The molecule has 2 atom stereocenters. The number of sulfonamides is 1. The third-order valence-electron chi connectivity index (χ3n) is 6.72. The first-order valence-corrected chi connectivity index (χ1v) is 16.1. The van der Waals surface area contributed by atoms with Crippen molar-refractivity contribution in [3.05, 3.63) is 98.5 Å². The Morgan fingerprint density at radius 1 is 0.927 bits per heavy atom. The highest BCUT2D eigenvalue weighted by Crippen LogP contribution is 2.27. The van der Waals surface area contributed by atoms with E-state index in [1.54, 1.807) is 43.3 Å². The summed E-state index contributed by atoms with van der Waals surface area (Å²) in [6, 6.07) is 18.0. The Balaban J connectivity index is 2.10. The second kappa shape index (κ2) is 14.4. The molecular formula is C30H34Cl3N3O4S. The number of hydrogen-bond acceptors (Lipinski definition) is 4. The molecule has 220 valence electrons. The Morgan fingerprint density at radius 2 is 1.61 bits per heavy atom. The largest absolute Gasteiger partial charge is 0.352 e. The molecule has 41 heavy (non-hydrogen) atoms. The quantitative estimate of drug-likeness (QED) is 0.253. The van der Waals surface area contributed by atoms with Gasteiger partial charge in [-0.25, -0.2) is 8.42 Å². The summed E-state index contributed by atoms with van der Waals surface area (Å²) in [5.74, 6) is -0.902. The fourth-order valence-corrected chi connectivity index (χ4v) is 5.78. The van der Waals surface area contributed by atoms with E-state index in [-0.39, 0.29) is 24.9 Å². The highest BCUT2D eigenvalue weighted by atomic mass is 35.5. The van der Waals surface area contributed by atoms with Gasteiger partial charge in [-0.1, -0.05) is 78.1 Å². The maximum atomic E-state index is 14.2. The number of amides is 2. The topological polar surface area (TPSA) is 86.8 Å². The first-order valence-electron chi connectivity index (χ1n) is 13.1. The molecule has 0 aliphatic rings. The Hall–Kier alpha value is -2.78. The summed E-state index contributed by atoms with van der Waals surface area (Å²) in [5.41, 5.74) is 2.39. The zero-order valence-corrected chi connectivity index (χ0v) is 26.5. The molecule has 3 aromatic carbocycles. The van der Waals surface area contributed by atoms with Crippen molar-refractivity contribution in [3.63, 3.8) is 0 Å². The van der Waals surface area contributed by atoms with E-state index in [1.807, 2.05) is 44.2 Å². The minimum Gasteiger partial charge on any atom is -0.352 e. The zero-order valence-electron chi connectivity index (χ0n) is 23.4. The number of benzene rings is 3. The van der Waals surface area contributed by atoms with Gasteiger partial charge in [0.15, 0.2) is 0 Å². The van der Waals surface area contributed by atoms with Crippen LogP contribution in [0.1, 0.15) is 37.0 Å². The number of nitrogens with zero attached hydrogens (tertiary/aromatic N) is 2. The van der Waals surface area contributed by atoms with Crippen molar-refractivity contribution in [2.45, 2.75) is 52.2 Å². The van der Waals surface area contributed by atoms with Gasteiger partial charge in [-0.15, -0.1) is 0 Å². The zero-order chi connectivity index (χ0) is 30.3. The highest BCUT2D eigenvalue weighted by Gasteiger charge is 2.33. The number of halogens is 3. The molecule has 7 nitrogen and oxygen atoms in total. The Labute approximate surface area is 257 Å². The van der Waals surface area contributed by atoms with E-state index in [4.69, 9.17) is 34.8 Å². The second-order valence-electron chi connectivity index (χ2n) is 9.99. The molecule has 0 fully saturated rings. The molecule has 0 saturated carbocycles. The molecule has 0 bridgehead atoms. The van der Waals surface area contributed by atoms with Gasteiger partial charge in [0.05, 0.1) is 22.0 Å². The van der Waals surface area contributed by atoms with Gasteiger partial charge in [0, 0.05) is 24.0 Å². The smallest absolute Gasteiger partial charge is 0.244 e. The molecule has 0 unspecified atom stereocenters. The summed E-state index contributed by atoms with van der Waals surface area (Å²) in [6.45, 7) is 5.03. The van der Waals surface area contributed by atoms with Crippen molar-refractivity contribution >= 4 is 62.3 Å². The summed E-state index contributed by atoms with van der Waals surface area (Å²) < 4.78 is 27.0. The van der Waals surface area contributed by atoms with Crippen molar-refractivity contribution in [2.75, 3.05) is 17.1 Å². The van der Waals surface area contributed by atoms with Crippen LogP contribution < -0.4 is 9.62 Å². The fraction of sp³-hybridized carbons (Fsp3) is 0.333. The van der Waals surface area contributed by atoms with Crippen LogP contribution in [-0.4, -0.2) is 50.0 Å². The average molecular weight is 639 g/mol. The number of hydrogen-bond donors (Lipinski definition) is 1. The Morgan fingerprint density at radius 3 is 2.20 bits per heavy atom. The number of nitrogens with one attached hydrogen (secondary N) is 1. The van der Waals surface area contributed by atoms with Crippen LogP contribution in [0.25, 0.3) is 0 Å². The third kappa shape index (κ3) is 9.10. The lowest BCUT2D eigenvalue weighted by Gasteiger charge is -2.34. The maximum absolute atomic E-state index is 14.2. The fourth-order valence-electron chi connectivity index (χ4n) is 4.32. The number of rotatable bonds is 12. The molecular weight excluding hydrogens is 605 g/mol. The summed E-state index contributed by atoms with van der Waals surface area (Å²) in [5, 5.41) is 4.09. The molecule has 0 saturated heterocycles. The van der Waals surface area contributed by atoms with Gasteiger partial charge in [0.1, 0.15) is 12.6 Å². The SMILES string of the molecule is CC[C@H](C)NC(=O)[C@H](Cc1ccccc1)N(Cc1ccc(Cl)c(Cl)c1)C(=O)CN(c1ccc(Cl)cc1C)S(C)(=O)=O. The first-order chi connectivity index (χ1) is 19.3. The standard InChI is InChI=1S/C30H34Cl3N3O4S/c1-5-21(3)34-30(38)28(17-22-9-7-6-8-10-22)35(18-23-11-13-25(32)26(33)16-23)29(37)19-36(41(4,39)40)27-14-12-24(31)15-20(27)2/h6-16,21,28H,5,17-19H2,1-4H3,(H,34,38)/t21-,28-/m0/s1. The first kappa shape index (κ1) is 32.7. The summed E-state index contributed by atoms with van der Waals surface area (Å²) >= 11 is 18.5. The number of anilines is 1. The van der Waals surface area contributed by atoms with Crippen molar-refractivity contribution < 1.29 is 18.0 Å². The molecule has 11 heteroatoms. The van der Waals surface area contributed by atoms with E-state index >= 15 is 0 Å². The van der Waals surface area contributed by atoms with Gasteiger partial charge in [-0.05, 0) is 67.3 Å². The van der Waals surface area contributed by atoms with E-state index in [0.717, 1.165) is 16.1 Å². The molecule has 3 rings (SSSR count). The molecule has 0 aliphatic heterocycles. The maximum Gasteiger partial charge on any atom is 0.244 e. The number of aryl methyl sites for hydroxylation is 1. The van der Waals surface area contributed by atoms with Crippen molar-refractivity contribution in [1.82, 2.24) is 10.2 Å². The predicted octanol–water partition coefficient (Wildman–Crippen LogP) is 6.28. The van der Waals surface area contributed by atoms with Gasteiger partial charge in [-0.2, -0.15) is 0 Å². The third-order valence-corrected chi connectivity index (χ3v) is 8.82. The van der Waals surface area contributed by atoms with Crippen molar-refractivity contribution in [3.8, 4) is 0 Å². The summed E-state index contributed by atoms with van der Waals surface area (Å²) in [4.78, 5) is 29.3.